The Bertz CT molecular complexity index is 700. The summed E-state index contributed by atoms with van der Waals surface area (Å²) in [6.45, 7) is 2.83. The van der Waals surface area contributed by atoms with Crippen LogP contribution in [0.1, 0.15) is 10.7 Å². The molecule has 3 rings (SSSR count). The molecule has 19 heavy (non-hydrogen) atoms. The topological polar surface area (TPSA) is 79.6 Å². The highest BCUT2D eigenvalue weighted by Gasteiger charge is 2.04. The van der Waals surface area contributed by atoms with Gasteiger partial charge in [-0.1, -0.05) is 0 Å². The molecule has 0 saturated carbocycles. The van der Waals surface area contributed by atoms with E-state index in [1.54, 1.807) is 17.5 Å². The molecule has 0 amide bonds. The van der Waals surface area contributed by atoms with Crippen LogP contribution in [-0.2, 0) is 6.42 Å². The lowest BCUT2D eigenvalue weighted by molar-refractivity contribution is 0.969. The van der Waals surface area contributed by atoms with E-state index in [0.717, 1.165) is 45.9 Å². The number of nitrogens with one attached hydrogen (secondary N) is 2. The van der Waals surface area contributed by atoms with Crippen molar-refractivity contribution in [3.8, 4) is 0 Å². The normalized spacial score (nSPS) is 11.0. The van der Waals surface area contributed by atoms with Gasteiger partial charge in [-0.15, -0.1) is 11.3 Å². The Balaban J connectivity index is 1.69. The van der Waals surface area contributed by atoms with Crippen LogP contribution in [0.3, 0.4) is 0 Å². The van der Waals surface area contributed by atoms with Crippen LogP contribution >= 0.6 is 11.3 Å². The largest absolute Gasteiger partial charge is 0.397 e. The summed E-state index contributed by atoms with van der Waals surface area (Å²) in [5, 5.41) is 14.5. The minimum absolute atomic E-state index is 0.739. The number of benzene rings is 1. The summed E-state index contributed by atoms with van der Waals surface area (Å²) in [5.74, 6) is 0. The average molecular weight is 273 g/mol. The van der Waals surface area contributed by atoms with Crippen LogP contribution in [0, 0.1) is 6.92 Å². The van der Waals surface area contributed by atoms with Gasteiger partial charge in [-0.2, -0.15) is 5.10 Å². The molecule has 4 N–H and O–H groups in total. The van der Waals surface area contributed by atoms with Crippen LogP contribution in [0.4, 0.5) is 11.4 Å². The number of aromatic nitrogens is 3. The maximum absolute atomic E-state index is 6.01. The summed E-state index contributed by atoms with van der Waals surface area (Å²) in [5.41, 5.74) is 9.79. The highest BCUT2D eigenvalue weighted by molar-refractivity contribution is 7.09. The van der Waals surface area contributed by atoms with E-state index in [9.17, 15) is 0 Å². The second-order valence-electron chi connectivity index (χ2n) is 4.43. The summed E-state index contributed by atoms with van der Waals surface area (Å²) in [6.07, 6.45) is 2.67. The SMILES string of the molecule is Cc1nc(CCNc2cc3[nH]ncc3cc2N)cs1. The zero-order chi connectivity index (χ0) is 13.2. The zero-order valence-electron chi connectivity index (χ0n) is 10.6. The van der Waals surface area contributed by atoms with Gasteiger partial charge >= 0.3 is 0 Å². The van der Waals surface area contributed by atoms with Crippen molar-refractivity contribution in [3.05, 3.63) is 34.4 Å². The number of thiazole rings is 1. The number of aromatic amines is 1. The molecule has 6 heteroatoms. The molecule has 5 nitrogen and oxygen atoms in total. The Morgan fingerprint density at radius 2 is 2.32 bits per heavy atom. The Morgan fingerprint density at radius 3 is 3.11 bits per heavy atom. The second-order valence-corrected chi connectivity index (χ2v) is 5.49. The summed E-state index contributed by atoms with van der Waals surface area (Å²) < 4.78 is 0. The highest BCUT2D eigenvalue weighted by Crippen LogP contribution is 2.24. The molecule has 0 bridgehead atoms. The number of rotatable bonds is 4. The van der Waals surface area contributed by atoms with Crippen molar-refractivity contribution in [2.24, 2.45) is 0 Å². The van der Waals surface area contributed by atoms with Gasteiger partial charge in [0.1, 0.15) is 0 Å². The third-order valence-electron chi connectivity index (χ3n) is 2.97. The third-order valence-corrected chi connectivity index (χ3v) is 3.80. The number of hydrogen-bond donors (Lipinski definition) is 3. The number of nitrogens with two attached hydrogens (primary N) is 1. The van der Waals surface area contributed by atoms with Gasteiger partial charge in [-0.3, -0.25) is 5.10 Å². The maximum Gasteiger partial charge on any atom is 0.0897 e. The van der Waals surface area contributed by atoms with E-state index in [1.165, 1.54) is 0 Å². The average Bonchev–Trinajstić information content (AvgIpc) is 2.98. The van der Waals surface area contributed by atoms with E-state index < -0.39 is 0 Å². The van der Waals surface area contributed by atoms with Crippen molar-refractivity contribution in [1.29, 1.82) is 0 Å². The maximum atomic E-state index is 6.01. The summed E-state index contributed by atoms with van der Waals surface area (Å²) in [7, 11) is 0. The van der Waals surface area contributed by atoms with Crippen LogP contribution < -0.4 is 11.1 Å². The van der Waals surface area contributed by atoms with Crippen LogP contribution in [-0.4, -0.2) is 21.7 Å². The van der Waals surface area contributed by atoms with Gasteiger partial charge in [0, 0.05) is 23.7 Å². The molecule has 0 aliphatic carbocycles. The van der Waals surface area contributed by atoms with Gasteiger partial charge in [0.2, 0.25) is 0 Å². The fraction of sp³-hybridized carbons (Fsp3) is 0.231. The molecule has 0 fully saturated rings. The van der Waals surface area contributed by atoms with E-state index in [4.69, 9.17) is 5.73 Å². The number of nitrogen functional groups attached to an aromatic ring is 1. The number of nitrogens with zero attached hydrogens (tertiary/aromatic N) is 2. The molecule has 0 aliphatic rings. The lowest BCUT2D eigenvalue weighted by Gasteiger charge is -2.08. The summed E-state index contributed by atoms with van der Waals surface area (Å²) >= 11 is 1.68. The predicted octanol–water partition coefficient (Wildman–Crippen LogP) is 2.56. The van der Waals surface area contributed by atoms with Gasteiger partial charge in [0.15, 0.2) is 0 Å². The molecule has 98 valence electrons. The number of hydrogen-bond acceptors (Lipinski definition) is 5. The zero-order valence-corrected chi connectivity index (χ0v) is 11.4. The Hall–Kier alpha value is -2.08. The van der Waals surface area contributed by atoms with E-state index in [0.29, 0.717) is 0 Å². The third kappa shape index (κ3) is 2.53. The first-order valence-corrected chi connectivity index (χ1v) is 6.98. The van der Waals surface area contributed by atoms with Gasteiger partial charge in [0.05, 0.1) is 33.8 Å². The standard InChI is InChI=1S/C13H15N5S/c1-8-17-10(7-19-8)2-3-15-13-5-12-9(4-11(13)14)6-16-18-12/h4-7,15H,2-3,14H2,1H3,(H,16,18). The lowest BCUT2D eigenvalue weighted by atomic mass is 10.2. The second kappa shape index (κ2) is 4.89. The first-order valence-electron chi connectivity index (χ1n) is 6.10. The smallest absolute Gasteiger partial charge is 0.0897 e. The molecular weight excluding hydrogens is 258 g/mol. The quantitative estimate of drug-likeness (QED) is 0.638. The summed E-state index contributed by atoms with van der Waals surface area (Å²) in [6, 6.07) is 3.91. The number of aryl methyl sites for hydroxylation is 1. The Morgan fingerprint density at radius 1 is 1.42 bits per heavy atom. The van der Waals surface area contributed by atoms with Crippen molar-refractivity contribution in [2.75, 3.05) is 17.6 Å². The van der Waals surface area contributed by atoms with E-state index in [1.807, 2.05) is 19.1 Å². The van der Waals surface area contributed by atoms with Crippen molar-refractivity contribution in [3.63, 3.8) is 0 Å². The number of anilines is 2. The van der Waals surface area contributed by atoms with Crippen molar-refractivity contribution < 1.29 is 0 Å². The van der Waals surface area contributed by atoms with Crippen molar-refractivity contribution in [2.45, 2.75) is 13.3 Å². The summed E-state index contributed by atoms with van der Waals surface area (Å²) in [4.78, 5) is 4.44. The molecule has 2 heterocycles. The lowest BCUT2D eigenvalue weighted by Crippen LogP contribution is -2.07. The fourth-order valence-corrected chi connectivity index (χ4v) is 2.66. The first kappa shape index (κ1) is 12.0. The van der Waals surface area contributed by atoms with E-state index >= 15 is 0 Å². The minimum Gasteiger partial charge on any atom is -0.397 e. The van der Waals surface area contributed by atoms with Crippen molar-refractivity contribution >= 4 is 33.6 Å². The molecule has 0 unspecified atom stereocenters. The first-order chi connectivity index (χ1) is 9.22. The van der Waals surface area contributed by atoms with Gasteiger partial charge in [-0.25, -0.2) is 4.98 Å². The highest BCUT2D eigenvalue weighted by atomic mass is 32.1. The molecular formula is C13H15N5S. The predicted molar refractivity (Wildman–Crippen MR) is 79.6 cm³/mol. The van der Waals surface area contributed by atoms with Gasteiger partial charge < -0.3 is 11.1 Å². The van der Waals surface area contributed by atoms with E-state index in [2.05, 4.69) is 25.9 Å². The van der Waals surface area contributed by atoms with Crippen molar-refractivity contribution in [1.82, 2.24) is 15.2 Å². The number of H-pyrrole nitrogens is 1. The molecule has 0 spiro atoms. The molecule has 0 aliphatic heterocycles. The van der Waals surface area contributed by atoms with Crippen LogP contribution in [0.5, 0.6) is 0 Å². The molecule has 0 radical (unpaired) electrons. The van der Waals surface area contributed by atoms with Crippen LogP contribution in [0.15, 0.2) is 23.7 Å². The van der Waals surface area contributed by atoms with Crippen LogP contribution in [0.25, 0.3) is 10.9 Å². The molecule has 3 aromatic rings. The monoisotopic (exact) mass is 273 g/mol. The van der Waals surface area contributed by atoms with E-state index in [-0.39, 0.29) is 0 Å². The molecule has 1 aromatic carbocycles. The van der Waals surface area contributed by atoms with Gasteiger partial charge in [0.25, 0.3) is 0 Å². The number of fused-ring (bicyclic) bond motifs is 1. The van der Waals surface area contributed by atoms with Gasteiger partial charge in [-0.05, 0) is 19.1 Å². The Labute approximate surface area is 114 Å². The molecule has 2 aromatic heterocycles. The Kier molecular flexibility index (Phi) is 3.08. The van der Waals surface area contributed by atoms with Crippen LogP contribution in [0.2, 0.25) is 0 Å². The fourth-order valence-electron chi connectivity index (χ4n) is 2.01. The minimum atomic E-state index is 0.739. The molecule has 0 atom stereocenters. The molecule has 0 saturated heterocycles.